The maximum Gasteiger partial charge on any atom is 0.237 e. The number of aromatic nitrogens is 2. The Morgan fingerprint density at radius 3 is 2.88 bits per heavy atom. The third-order valence-corrected chi connectivity index (χ3v) is 3.08. The van der Waals surface area contributed by atoms with Gasteiger partial charge in [0.2, 0.25) is 5.88 Å². The minimum atomic E-state index is 0.439. The number of piperidine rings is 1. The van der Waals surface area contributed by atoms with Gasteiger partial charge >= 0.3 is 0 Å². The molecular formula is C12H20N4O. The summed E-state index contributed by atoms with van der Waals surface area (Å²) >= 11 is 0. The van der Waals surface area contributed by atoms with Crippen molar-refractivity contribution >= 4 is 0 Å². The van der Waals surface area contributed by atoms with Crippen LogP contribution in [0.5, 0.6) is 5.88 Å². The van der Waals surface area contributed by atoms with Crippen molar-refractivity contribution in [3.63, 3.8) is 0 Å². The molecule has 2 heterocycles. The van der Waals surface area contributed by atoms with Crippen molar-refractivity contribution in [2.24, 2.45) is 5.73 Å². The van der Waals surface area contributed by atoms with Gasteiger partial charge in [0.1, 0.15) is 6.61 Å². The van der Waals surface area contributed by atoms with Crippen LogP contribution in [0.1, 0.15) is 24.8 Å². The zero-order valence-electron chi connectivity index (χ0n) is 10.1. The highest BCUT2D eigenvalue weighted by atomic mass is 16.5. The summed E-state index contributed by atoms with van der Waals surface area (Å²) in [6.07, 6.45) is 5.61. The molecule has 0 aromatic carbocycles. The van der Waals surface area contributed by atoms with E-state index in [1.54, 1.807) is 6.20 Å². The van der Waals surface area contributed by atoms with Gasteiger partial charge in [-0.2, -0.15) is 5.10 Å². The molecule has 17 heavy (non-hydrogen) atoms. The fraction of sp³-hybridized carbons (Fsp3) is 0.667. The summed E-state index contributed by atoms with van der Waals surface area (Å²) in [6.45, 7) is 4.43. The molecule has 1 aliphatic rings. The van der Waals surface area contributed by atoms with Crippen LogP contribution in [0.4, 0.5) is 0 Å². The van der Waals surface area contributed by atoms with Crippen LogP contribution < -0.4 is 10.5 Å². The number of nitrogens with zero attached hydrogens (tertiary/aromatic N) is 3. The highest BCUT2D eigenvalue weighted by Gasteiger charge is 2.10. The lowest BCUT2D eigenvalue weighted by Gasteiger charge is -2.26. The van der Waals surface area contributed by atoms with E-state index in [9.17, 15) is 0 Å². The van der Waals surface area contributed by atoms with Crippen molar-refractivity contribution in [1.29, 1.82) is 0 Å². The monoisotopic (exact) mass is 236 g/mol. The first-order valence-corrected chi connectivity index (χ1v) is 6.26. The molecule has 2 N–H and O–H groups in total. The first-order valence-electron chi connectivity index (χ1n) is 6.26. The van der Waals surface area contributed by atoms with Gasteiger partial charge in [-0.1, -0.05) is 6.42 Å². The van der Waals surface area contributed by atoms with Crippen molar-refractivity contribution in [1.82, 2.24) is 15.1 Å². The van der Waals surface area contributed by atoms with Gasteiger partial charge in [0.25, 0.3) is 0 Å². The molecule has 5 nitrogen and oxygen atoms in total. The number of ether oxygens (including phenoxy) is 1. The van der Waals surface area contributed by atoms with Crippen molar-refractivity contribution in [3.05, 3.63) is 17.8 Å². The molecule has 2 rings (SSSR count). The molecular weight excluding hydrogens is 216 g/mol. The SMILES string of the molecule is NCc1ccnnc1OCCN1CCCCC1. The van der Waals surface area contributed by atoms with E-state index < -0.39 is 0 Å². The molecule has 1 saturated heterocycles. The molecule has 0 bridgehead atoms. The molecule has 1 aromatic rings. The number of rotatable bonds is 5. The van der Waals surface area contributed by atoms with E-state index in [4.69, 9.17) is 10.5 Å². The number of hydrogen-bond donors (Lipinski definition) is 1. The van der Waals surface area contributed by atoms with Gasteiger partial charge in [-0.3, -0.25) is 4.90 Å². The molecule has 0 amide bonds. The van der Waals surface area contributed by atoms with E-state index in [0.717, 1.165) is 12.1 Å². The van der Waals surface area contributed by atoms with E-state index in [-0.39, 0.29) is 0 Å². The standard InChI is InChI=1S/C12H20N4O/c13-10-11-4-5-14-15-12(11)17-9-8-16-6-2-1-3-7-16/h4-5H,1-3,6-10,13H2. The normalized spacial score (nSPS) is 17.0. The fourth-order valence-electron chi connectivity index (χ4n) is 2.08. The first-order chi connectivity index (χ1) is 8.40. The molecule has 0 atom stereocenters. The lowest BCUT2D eigenvalue weighted by Crippen LogP contribution is -2.33. The van der Waals surface area contributed by atoms with E-state index in [2.05, 4.69) is 15.1 Å². The molecule has 94 valence electrons. The van der Waals surface area contributed by atoms with E-state index in [1.807, 2.05) is 6.07 Å². The Labute approximate surface area is 102 Å². The number of likely N-dealkylation sites (tertiary alicyclic amines) is 1. The molecule has 0 aliphatic carbocycles. The van der Waals surface area contributed by atoms with Crippen molar-refractivity contribution < 1.29 is 4.74 Å². The topological polar surface area (TPSA) is 64.3 Å². The van der Waals surface area contributed by atoms with Crippen LogP contribution in [0.3, 0.4) is 0 Å². The average Bonchev–Trinajstić information content (AvgIpc) is 2.40. The summed E-state index contributed by atoms with van der Waals surface area (Å²) in [4.78, 5) is 2.43. The average molecular weight is 236 g/mol. The van der Waals surface area contributed by atoms with Crippen molar-refractivity contribution in [3.8, 4) is 5.88 Å². The smallest absolute Gasteiger partial charge is 0.237 e. The molecule has 1 aromatic heterocycles. The molecule has 1 fully saturated rings. The van der Waals surface area contributed by atoms with Gasteiger partial charge < -0.3 is 10.5 Å². The zero-order valence-corrected chi connectivity index (χ0v) is 10.1. The second-order valence-electron chi connectivity index (χ2n) is 4.32. The van der Waals surface area contributed by atoms with Crippen LogP contribution in [-0.4, -0.2) is 41.3 Å². The van der Waals surface area contributed by atoms with Gasteiger partial charge in [-0.15, -0.1) is 5.10 Å². The van der Waals surface area contributed by atoms with Gasteiger partial charge in [-0.25, -0.2) is 0 Å². The second kappa shape index (κ2) is 6.51. The predicted octanol–water partition coefficient (Wildman–Crippen LogP) is 0.800. The van der Waals surface area contributed by atoms with Gasteiger partial charge in [0.15, 0.2) is 0 Å². The summed E-state index contributed by atoms with van der Waals surface area (Å²) in [6, 6.07) is 1.85. The number of nitrogens with two attached hydrogens (primary N) is 1. The van der Waals surface area contributed by atoms with Crippen LogP contribution in [0, 0.1) is 0 Å². The van der Waals surface area contributed by atoms with Gasteiger partial charge in [0, 0.05) is 18.7 Å². The third kappa shape index (κ3) is 3.64. The first kappa shape index (κ1) is 12.3. The molecule has 0 unspecified atom stereocenters. The highest BCUT2D eigenvalue weighted by molar-refractivity contribution is 5.22. The molecule has 1 aliphatic heterocycles. The largest absolute Gasteiger partial charge is 0.475 e. The lowest BCUT2D eigenvalue weighted by molar-refractivity contribution is 0.179. The van der Waals surface area contributed by atoms with Gasteiger partial charge in [-0.05, 0) is 32.0 Å². The van der Waals surface area contributed by atoms with E-state index >= 15 is 0 Å². The van der Waals surface area contributed by atoms with Crippen LogP contribution in [-0.2, 0) is 6.54 Å². The van der Waals surface area contributed by atoms with Crippen molar-refractivity contribution in [2.45, 2.75) is 25.8 Å². The predicted molar refractivity (Wildman–Crippen MR) is 65.7 cm³/mol. The summed E-state index contributed by atoms with van der Waals surface area (Å²) in [5.74, 6) is 0.576. The summed E-state index contributed by atoms with van der Waals surface area (Å²) in [7, 11) is 0. The van der Waals surface area contributed by atoms with Crippen LogP contribution in [0.2, 0.25) is 0 Å². The van der Waals surface area contributed by atoms with Crippen LogP contribution in [0.15, 0.2) is 12.3 Å². The Morgan fingerprint density at radius 1 is 1.29 bits per heavy atom. The highest BCUT2D eigenvalue weighted by Crippen LogP contribution is 2.12. The Balaban J connectivity index is 1.77. The Bertz CT molecular complexity index is 339. The Kier molecular flexibility index (Phi) is 4.70. The van der Waals surface area contributed by atoms with Crippen LogP contribution in [0.25, 0.3) is 0 Å². The quantitative estimate of drug-likeness (QED) is 0.819. The zero-order chi connectivity index (χ0) is 11.9. The van der Waals surface area contributed by atoms with Crippen molar-refractivity contribution in [2.75, 3.05) is 26.2 Å². The number of hydrogen-bond acceptors (Lipinski definition) is 5. The summed E-state index contributed by atoms with van der Waals surface area (Å²) in [5.41, 5.74) is 6.52. The second-order valence-corrected chi connectivity index (χ2v) is 4.32. The maximum atomic E-state index is 5.64. The van der Waals surface area contributed by atoms with E-state index in [1.165, 1.54) is 32.4 Å². The van der Waals surface area contributed by atoms with E-state index in [0.29, 0.717) is 19.0 Å². The maximum absolute atomic E-state index is 5.64. The lowest BCUT2D eigenvalue weighted by atomic mass is 10.1. The molecule has 0 saturated carbocycles. The summed E-state index contributed by atoms with van der Waals surface area (Å²) in [5, 5.41) is 7.78. The fourth-order valence-corrected chi connectivity index (χ4v) is 2.08. The Hall–Kier alpha value is -1.20. The summed E-state index contributed by atoms with van der Waals surface area (Å²) < 4.78 is 5.64. The van der Waals surface area contributed by atoms with Gasteiger partial charge in [0.05, 0.1) is 6.20 Å². The minimum Gasteiger partial charge on any atom is -0.475 e. The third-order valence-electron chi connectivity index (χ3n) is 3.08. The minimum absolute atomic E-state index is 0.439. The van der Waals surface area contributed by atoms with Crippen LogP contribution >= 0.6 is 0 Å². The molecule has 0 radical (unpaired) electrons. The molecule has 5 heteroatoms. The Morgan fingerprint density at radius 2 is 2.12 bits per heavy atom. The molecule has 0 spiro atoms.